The van der Waals surface area contributed by atoms with Gasteiger partial charge >= 0.3 is 0 Å². The summed E-state index contributed by atoms with van der Waals surface area (Å²) >= 11 is 4.74. The zero-order chi connectivity index (χ0) is 20.4. The first-order valence-corrected chi connectivity index (χ1v) is 10.7. The van der Waals surface area contributed by atoms with Crippen molar-refractivity contribution in [2.45, 2.75) is 25.8 Å². The Morgan fingerprint density at radius 2 is 2.21 bits per heavy atom. The summed E-state index contributed by atoms with van der Waals surface area (Å²) in [6.07, 6.45) is 2.31. The summed E-state index contributed by atoms with van der Waals surface area (Å²) in [5, 5.41) is 8.00. The number of ether oxygens (including phenoxy) is 1. The molecule has 2 aromatic heterocycles. The van der Waals surface area contributed by atoms with Gasteiger partial charge in [-0.25, -0.2) is 4.98 Å². The van der Waals surface area contributed by atoms with E-state index in [0.29, 0.717) is 35.2 Å². The second-order valence-corrected chi connectivity index (χ2v) is 8.38. The Hall–Kier alpha value is -2.65. The summed E-state index contributed by atoms with van der Waals surface area (Å²) in [7, 11) is 0. The van der Waals surface area contributed by atoms with E-state index in [4.69, 9.17) is 9.15 Å². The second kappa shape index (κ2) is 8.38. The number of aromatic nitrogens is 1. The predicted molar refractivity (Wildman–Crippen MR) is 112 cm³/mol. The predicted octanol–water partition coefficient (Wildman–Crippen LogP) is 4.24. The van der Waals surface area contributed by atoms with Crippen LogP contribution in [0.25, 0.3) is 0 Å². The molecule has 1 atom stereocenters. The molecule has 2 amide bonds. The molecule has 1 aliphatic rings. The molecule has 0 fully saturated rings. The fourth-order valence-corrected chi connectivity index (χ4v) is 4.24. The maximum absolute atomic E-state index is 12.5. The molecular formula is C20H18BrN3O4S. The van der Waals surface area contributed by atoms with Gasteiger partial charge < -0.3 is 14.5 Å². The molecule has 0 saturated heterocycles. The van der Waals surface area contributed by atoms with E-state index in [2.05, 4.69) is 31.5 Å². The molecule has 4 rings (SSSR count). The average Bonchev–Trinajstić information content (AvgIpc) is 3.31. The molecule has 0 bridgehead atoms. The van der Waals surface area contributed by atoms with Crippen LogP contribution >= 0.6 is 27.3 Å². The van der Waals surface area contributed by atoms with Crippen LogP contribution in [0.2, 0.25) is 0 Å². The van der Waals surface area contributed by atoms with Crippen LogP contribution in [0.5, 0.6) is 5.75 Å². The van der Waals surface area contributed by atoms with Gasteiger partial charge in [0.1, 0.15) is 11.5 Å². The van der Waals surface area contributed by atoms with Gasteiger partial charge in [0, 0.05) is 21.8 Å². The molecule has 1 unspecified atom stereocenters. The van der Waals surface area contributed by atoms with E-state index in [1.807, 2.05) is 18.2 Å². The number of rotatable bonds is 5. The monoisotopic (exact) mass is 475 g/mol. The number of fused-ring (bicyclic) bond motifs is 1. The number of halogens is 1. The van der Waals surface area contributed by atoms with Crippen LogP contribution in [0.3, 0.4) is 0 Å². The highest BCUT2D eigenvalue weighted by Crippen LogP contribution is 2.34. The minimum Gasteiger partial charge on any atom is -0.493 e. The minimum atomic E-state index is -0.286. The highest BCUT2D eigenvalue weighted by molar-refractivity contribution is 9.10. The molecular weight excluding hydrogens is 458 g/mol. The van der Waals surface area contributed by atoms with Crippen molar-refractivity contribution in [3.05, 3.63) is 63.0 Å². The van der Waals surface area contributed by atoms with Crippen LogP contribution < -0.4 is 15.4 Å². The van der Waals surface area contributed by atoms with Crippen LogP contribution in [0.4, 0.5) is 5.13 Å². The van der Waals surface area contributed by atoms with Gasteiger partial charge in [0.25, 0.3) is 5.91 Å². The lowest BCUT2D eigenvalue weighted by molar-refractivity contribution is -0.121. The van der Waals surface area contributed by atoms with Crippen molar-refractivity contribution in [3.63, 3.8) is 0 Å². The lowest BCUT2D eigenvalue weighted by atomic mass is 10.0. The minimum absolute atomic E-state index is 0.106. The number of amides is 2. The topological polar surface area (TPSA) is 93.5 Å². The molecule has 3 heterocycles. The Labute approximate surface area is 179 Å². The SMILES string of the molecule is Cc1occc1C(=O)Nc1nc(CC(=O)NC2CCOc3ccc(Br)cc32)cs1. The van der Waals surface area contributed by atoms with E-state index in [1.54, 1.807) is 18.4 Å². The number of carbonyl (C=O) groups is 2. The molecule has 0 aliphatic carbocycles. The number of hydrogen-bond acceptors (Lipinski definition) is 6. The normalized spacial score (nSPS) is 15.3. The van der Waals surface area contributed by atoms with E-state index >= 15 is 0 Å². The van der Waals surface area contributed by atoms with Gasteiger partial charge in [0.05, 0.1) is 36.6 Å². The quantitative estimate of drug-likeness (QED) is 0.575. The Kier molecular flexibility index (Phi) is 5.68. The maximum Gasteiger partial charge on any atom is 0.260 e. The van der Waals surface area contributed by atoms with Crippen molar-refractivity contribution in [1.29, 1.82) is 0 Å². The first-order valence-electron chi connectivity index (χ1n) is 9.01. The molecule has 7 nitrogen and oxygen atoms in total. The number of carbonyl (C=O) groups excluding carboxylic acids is 2. The van der Waals surface area contributed by atoms with Crippen LogP contribution in [0, 0.1) is 6.92 Å². The van der Waals surface area contributed by atoms with Gasteiger partial charge in [0.2, 0.25) is 5.91 Å². The molecule has 0 saturated carbocycles. The average molecular weight is 476 g/mol. The lowest BCUT2D eigenvalue weighted by Crippen LogP contribution is -2.33. The van der Waals surface area contributed by atoms with E-state index in [1.165, 1.54) is 17.6 Å². The van der Waals surface area contributed by atoms with E-state index in [9.17, 15) is 9.59 Å². The van der Waals surface area contributed by atoms with Crippen molar-refractivity contribution < 1.29 is 18.7 Å². The lowest BCUT2D eigenvalue weighted by Gasteiger charge is -2.26. The summed E-state index contributed by atoms with van der Waals surface area (Å²) in [4.78, 5) is 29.1. The summed E-state index contributed by atoms with van der Waals surface area (Å²) in [5.41, 5.74) is 2.03. The van der Waals surface area contributed by atoms with Gasteiger partial charge in [-0.3, -0.25) is 14.9 Å². The van der Waals surface area contributed by atoms with Crippen LogP contribution in [0.15, 0.2) is 44.8 Å². The number of hydrogen-bond donors (Lipinski definition) is 2. The number of aryl methyl sites for hydroxylation is 1. The number of furan rings is 1. The third-order valence-electron chi connectivity index (χ3n) is 4.56. The number of anilines is 1. The Bertz CT molecular complexity index is 1060. The Morgan fingerprint density at radius 3 is 3.00 bits per heavy atom. The summed E-state index contributed by atoms with van der Waals surface area (Å²) < 4.78 is 11.7. The van der Waals surface area contributed by atoms with Crippen molar-refractivity contribution in [2.75, 3.05) is 11.9 Å². The van der Waals surface area contributed by atoms with Crippen molar-refractivity contribution in [3.8, 4) is 5.75 Å². The first-order chi connectivity index (χ1) is 14.0. The second-order valence-electron chi connectivity index (χ2n) is 6.60. The summed E-state index contributed by atoms with van der Waals surface area (Å²) in [5.74, 6) is 0.919. The molecule has 0 spiro atoms. The third kappa shape index (κ3) is 4.51. The number of nitrogens with one attached hydrogen (secondary N) is 2. The highest BCUT2D eigenvalue weighted by Gasteiger charge is 2.24. The molecule has 2 N–H and O–H groups in total. The highest BCUT2D eigenvalue weighted by atomic mass is 79.9. The van der Waals surface area contributed by atoms with Gasteiger partial charge in [-0.2, -0.15) is 0 Å². The standard InChI is InChI=1S/C20H18BrN3O4S/c1-11-14(4-6-27-11)19(26)24-20-22-13(10-29-20)9-18(25)23-16-5-7-28-17-3-2-12(21)8-15(16)17/h2-4,6,8,10,16H,5,7,9H2,1H3,(H,23,25)(H,22,24,26). The largest absolute Gasteiger partial charge is 0.493 e. The van der Waals surface area contributed by atoms with Crippen molar-refractivity contribution in [2.24, 2.45) is 0 Å². The van der Waals surface area contributed by atoms with Crippen LogP contribution in [-0.4, -0.2) is 23.4 Å². The zero-order valence-corrected chi connectivity index (χ0v) is 17.9. The zero-order valence-electron chi connectivity index (χ0n) is 15.5. The van der Waals surface area contributed by atoms with Gasteiger partial charge in [0.15, 0.2) is 5.13 Å². The number of benzene rings is 1. The molecule has 1 aliphatic heterocycles. The summed E-state index contributed by atoms with van der Waals surface area (Å²) in [6.45, 7) is 2.28. The fraction of sp³-hybridized carbons (Fsp3) is 0.250. The van der Waals surface area contributed by atoms with Crippen molar-refractivity contribution in [1.82, 2.24) is 10.3 Å². The van der Waals surface area contributed by atoms with Crippen LogP contribution in [0.1, 0.15) is 39.8 Å². The molecule has 0 radical (unpaired) electrons. The van der Waals surface area contributed by atoms with Gasteiger partial charge in [-0.15, -0.1) is 11.3 Å². The summed E-state index contributed by atoms with van der Waals surface area (Å²) in [6, 6.07) is 7.28. The smallest absolute Gasteiger partial charge is 0.260 e. The van der Waals surface area contributed by atoms with Gasteiger partial charge in [-0.05, 0) is 31.2 Å². The van der Waals surface area contributed by atoms with Crippen molar-refractivity contribution >= 4 is 44.2 Å². The molecule has 9 heteroatoms. The van der Waals surface area contributed by atoms with Gasteiger partial charge in [-0.1, -0.05) is 15.9 Å². The number of thiazole rings is 1. The fourth-order valence-electron chi connectivity index (χ4n) is 3.16. The Balaban J connectivity index is 1.37. The van der Waals surface area contributed by atoms with E-state index < -0.39 is 0 Å². The third-order valence-corrected chi connectivity index (χ3v) is 5.86. The Morgan fingerprint density at radius 1 is 1.34 bits per heavy atom. The van der Waals surface area contributed by atoms with E-state index in [-0.39, 0.29) is 24.3 Å². The molecule has 150 valence electrons. The van der Waals surface area contributed by atoms with Crippen LogP contribution in [-0.2, 0) is 11.2 Å². The molecule has 3 aromatic rings. The number of nitrogens with zero attached hydrogens (tertiary/aromatic N) is 1. The first kappa shape index (κ1) is 19.7. The maximum atomic E-state index is 12.5. The van der Waals surface area contributed by atoms with E-state index in [0.717, 1.165) is 15.8 Å². The molecule has 1 aromatic carbocycles. The molecule has 29 heavy (non-hydrogen) atoms.